The molecule has 0 amide bonds. The van der Waals surface area contributed by atoms with Gasteiger partial charge in [-0.25, -0.2) is 0 Å². The van der Waals surface area contributed by atoms with Gasteiger partial charge in [0.25, 0.3) is 0 Å². The van der Waals surface area contributed by atoms with Crippen molar-refractivity contribution in [3.63, 3.8) is 0 Å². The van der Waals surface area contributed by atoms with Crippen molar-refractivity contribution in [3.05, 3.63) is 29.8 Å². The van der Waals surface area contributed by atoms with Crippen LogP contribution in [0.25, 0.3) is 0 Å². The largest absolute Gasteiger partial charge is 0.533 e. The third-order valence-corrected chi connectivity index (χ3v) is 1.22. The average Bonchev–Trinajstić information content (AvgIpc) is 1.88. The van der Waals surface area contributed by atoms with E-state index in [-0.39, 0.29) is 44.2 Å². The average molecular weight is 224 g/mol. The minimum Gasteiger partial charge on any atom is -0.533 e. The van der Waals surface area contributed by atoms with Gasteiger partial charge in [0.05, 0.1) is 0 Å². The fourth-order valence-corrected chi connectivity index (χ4v) is 0.704. The van der Waals surface area contributed by atoms with E-state index in [4.69, 9.17) is 5.11 Å². The van der Waals surface area contributed by atoms with Gasteiger partial charge in [0.1, 0.15) is 5.78 Å². The monoisotopic (exact) mass is 224 g/mol. The zero-order chi connectivity index (χ0) is 7.56. The minimum atomic E-state index is -0.144. The van der Waals surface area contributed by atoms with Crippen LogP contribution in [0, 0.1) is 6.07 Å². The predicted octanol–water partition coefficient (Wildman–Crippen LogP) is 1.39. The quantitative estimate of drug-likeness (QED) is 0.578. The second-order valence-corrected chi connectivity index (χ2v) is 2.00. The third-order valence-electron chi connectivity index (χ3n) is 1.22. The molecule has 0 saturated heterocycles. The SMILES string of the molecule is CC(=O)c1c[c-]ccc1O.[Y]. The Morgan fingerprint density at radius 2 is 2.27 bits per heavy atom. The van der Waals surface area contributed by atoms with Gasteiger partial charge in [-0.05, 0) is 6.92 Å². The van der Waals surface area contributed by atoms with E-state index in [1.54, 1.807) is 6.07 Å². The molecule has 1 radical (unpaired) electrons. The predicted molar refractivity (Wildman–Crippen MR) is 36.9 cm³/mol. The van der Waals surface area contributed by atoms with E-state index < -0.39 is 0 Å². The van der Waals surface area contributed by atoms with E-state index in [0.717, 1.165) is 0 Å². The standard InChI is InChI=1S/C8H7O2.Y/c1-6(9)7-4-2-3-5-8(7)10;/h3-5,10H,1H3;/q-1;. The minimum absolute atomic E-state index is 0. The van der Waals surface area contributed by atoms with Crippen molar-refractivity contribution in [2.75, 3.05) is 0 Å². The molecule has 0 unspecified atom stereocenters. The van der Waals surface area contributed by atoms with Crippen molar-refractivity contribution < 1.29 is 42.6 Å². The number of ketones is 1. The Morgan fingerprint density at radius 3 is 2.64 bits per heavy atom. The van der Waals surface area contributed by atoms with Crippen molar-refractivity contribution in [1.82, 2.24) is 0 Å². The van der Waals surface area contributed by atoms with Crippen LogP contribution in [0.3, 0.4) is 0 Å². The molecule has 1 aromatic carbocycles. The van der Waals surface area contributed by atoms with Crippen LogP contribution < -0.4 is 0 Å². The van der Waals surface area contributed by atoms with Gasteiger partial charge in [-0.2, -0.15) is 18.2 Å². The molecule has 0 bridgehead atoms. The molecule has 0 heterocycles. The van der Waals surface area contributed by atoms with Crippen LogP contribution in [-0.2, 0) is 32.7 Å². The summed E-state index contributed by atoms with van der Waals surface area (Å²) in [6, 6.07) is 7.17. The van der Waals surface area contributed by atoms with E-state index in [0.29, 0.717) is 5.56 Å². The van der Waals surface area contributed by atoms with Crippen molar-refractivity contribution in [2.24, 2.45) is 0 Å². The Bertz CT molecular complexity index is 258. The molecule has 0 atom stereocenters. The van der Waals surface area contributed by atoms with E-state index in [2.05, 4.69) is 6.07 Å². The molecule has 11 heavy (non-hydrogen) atoms. The summed E-state index contributed by atoms with van der Waals surface area (Å²) in [7, 11) is 0. The summed E-state index contributed by atoms with van der Waals surface area (Å²) in [4.78, 5) is 10.7. The smallest absolute Gasteiger partial charge is 0.109 e. The molecule has 1 N–H and O–H groups in total. The first-order valence-electron chi connectivity index (χ1n) is 2.92. The summed E-state index contributed by atoms with van der Waals surface area (Å²) in [6.45, 7) is 1.41. The van der Waals surface area contributed by atoms with Gasteiger partial charge in [-0.1, -0.05) is 5.56 Å². The number of aromatic hydroxyl groups is 1. The zero-order valence-corrected chi connectivity index (χ0v) is 9.00. The summed E-state index contributed by atoms with van der Waals surface area (Å²) >= 11 is 0. The summed E-state index contributed by atoms with van der Waals surface area (Å²) in [5.41, 5.74) is 0.322. The van der Waals surface area contributed by atoms with Crippen molar-refractivity contribution in [1.29, 1.82) is 0 Å². The summed E-state index contributed by atoms with van der Waals surface area (Å²) in [5, 5.41) is 9.04. The first kappa shape index (κ1) is 10.8. The van der Waals surface area contributed by atoms with Gasteiger partial charge in [-0.15, -0.1) is 6.07 Å². The molecule has 1 aromatic rings. The Balaban J connectivity index is 0.000001000. The van der Waals surface area contributed by atoms with Crippen LogP contribution in [0.5, 0.6) is 5.75 Å². The molecule has 0 spiro atoms. The van der Waals surface area contributed by atoms with Gasteiger partial charge in [0, 0.05) is 38.5 Å². The molecule has 0 aliphatic heterocycles. The number of rotatable bonds is 1. The Kier molecular flexibility index (Phi) is 4.54. The number of benzene rings is 1. The maximum atomic E-state index is 10.7. The second kappa shape index (κ2) is 4.63. The van der Waals surface area contributed by atoms with E-state index >= 15 is 0 Å². The van der Waals surface area contributed by atoms with Crippen molar-refractivity contribution in [3.8, 4) is 5.75 Å². The molecule has 3 heteroatoms. The molecule has 0 saturated carbocycles. The van der Waals surface area contributed by atoms with Crippen LogP contribution >= 0.6 is 0 Å². The van der Waals surface area contributed by atoms with Gasteiger partial charge < -0.3 is 9.90 Å². The molecule has 0 aliphatic carbocycles. The van der Waals surface area contributed by atoms with Crippen LogP contribution in [0.4, 0.5) is 0 Å². The topological polar surface area (TPSA) is 37.3 Å². The van der Waals surface area contributed by atoms with Crippen molar-refractivity contribution >= 4 is 5.78 Å². The molecule has 2 nitrogen and oxygen atoms in total. The maximum absolute atomic E-state index is 10.7. The number of hydrogen-bond donors (Lipinski definition) is 1. The number of hydrogen-bond acceptors (Lipinski definition) is 2. The zero-order valence-electron chi connectivity index (χ0n) is 6.16. The van der Waals surface area contributed by atoms with Crippen LogP contribution in [-0.4, -0.2) is 10.9 Å². The van der Waals surface area contributed by atoms with Crippen LogP contribution in [0.2, 0.25) is 0 Å². The second-order valence-electron chi connectivity index (χ2n) is 2.00. The maximum Gasteiger partial charge on any atom is 0.109 e. The van der Waals surface area contributed by atoms with E-state index in [1.165, 1.54) is 19.1 Å². The number of phenols is 1. The van der Waals surface area contributed by atoms with Crippen LogP contribution in [0.1, 0.15) is 17.3 Å². The Morgan fingerprint density at radius 1 is 1.64 bits per heavy atom. The number of Topliss-reactive ketones (excluding diaryl/α,β-unsaturated/α-hetero) is 1. The van der Waals surface area contributed by atoms with Gasteiger partial charge >= 0.3 is 0 Å². The normalized spacial score (nSPS) is 8.45. The molecule has 55 valence electrons. The first-order chi connectivity index (χ1) is 4.72. The number of carbonyl (C=O) groups excluding carboxylic acids is 1. The summed E-state index contributed by atoms with van der Waals surface area (Å²) in [6.07, 6.45) is 0. The molecular weight excluding hydrogens is 217 g/mol. The summed E-state index contributed by atoms with van der Waals surface area (Å²) < 4.78 is 0. The van der Waals surface area contributed by atoms with Gasteiger partial charge in [0.2, 0.25) is 0 Å². The molecule has 0 fully saturated rings. The Labute approximate surface area is 90.5 Å². The fraction of sp³-hybridized carbons (Fsp3) is 0.125. The van der Waals surface area contributed by atoms with E-state index in [9.17, 15) is 4.79 Å². The Hall–Kier alpha value is -0.206. The van der Waals surface area contributed by atoms with E-state index in [1.807, 2.05) is 0 Å². The third kappa shape index (κ3) is 2.72. The first-order valence-corrected chi connectivity index (χ1v) is 2.92. The van der Waals surface area contributed by atoms with Gasteiger partial charge in [0.15, 0.2) is 0 Å². The van der Waals surface area contributed by atoms with Crippen LogP contribution in [0.15, 0.2) is 18.2 Å². The number of phenolic OH excluding ortho intramolecular Hbond substituents is 1. The number of carbonyl (C=O) groups is 1. The molecular formula is C8H7O2Y-. The van der Waals surface area contributed by atoms with Gasteiger partial charge in [-0.3, -0.25) is 0 Å². The fourth-order valence-electron chi connectivity index (χ4n) is 0.704. The molecule has 0 aliphatic rings. The van der Waals surface area contributed by atoms with Crippen molar-refractivity contribution in [2.45, 2.75) is 6.92 Å². The molecule has 0 aromatic heterocycles. The molecule has 1 rings (SSSR count). The summed E-state index contributed by atoms with van der Waals surface area (Å²) in [5.74, 6) is -0.124.